The predicted octanol–water partition coefficient (Wildman–Crippen LogP) is 4.38. The Bertz CT molecular complexity index is 842. The van der Waals surface area contributed by atoms with Gasteiger partial charge in [-0.05, 0) is 79.2 Å². The molecule has 2 atom stereocenters. The minimum Gasteiger partial charge on any atom is -0.463 e. The molecule has 3 rings (SSSR count). The molecule has 1 aliphatic heterocycles. The van der Waals surface area contributed by atoms with Gasteiger partial charge in [0.15, 0.2) is 0 Å². The van der Waals surface area contributed by atoms with E-state index >= 15 is 0 Å². The molecule has 0 spiro atoms. The molecular formula is C22H28BrNO5. The smallest absolute Gasteiger partial charge is 0.410 e. The van der Waals surface area contributed by atoms with Crippen LogP contribution < -0.4 is 0 Å². The summed E-state index contributed by atoms with van der Waals surface area (Å²) in [7, 11) is 0. The molecule has 6 nitrogen and oxygen atoms in total. The van der Waals surface area contributed by atoms with Crippen LogP contribution in [-0.4, -0.2) is 46.9 Å². The highest BCUT2D eigenvalue weighted by Crippen LogP contribution is 2.39. The number of nitrogens with zero attached hydrogens (tertiary/aromatic N) is 1. The number of aliphatic hydroxyl groups is 1. The highest BCUT2D eigenvalue weighted by atomic mass is 79.9. The summed E-state index contributed by atoms with van der Waals surface area (Å²) in [5.41, 5.74) is 2.60. The van der Waals surface area contributed by atoms with Crippen LogP contribution in [0.15, 0.2) is 22.2 Å². The molecule has 0 radical (unpaired) electrons. The Morgan fingerprint density at radius 1 is 1.34 bits per heavy atom. The zero-order valence-electron chi connectivity index (χ0n) is 17.3. The first kappa shape index (κ1) is 21.8. The zero-order valence-corrected chi connectivity index (χ0v) is 18.9. The van der Waals surface area contributed by atoms with E-state index in [0.29, 0.717) is 37.1 Å². The van der Waals surface area contributed by atoms with Crippen LogP contribution in [0.25, 0.3) is 6.08 Å². The molecule has 7 heteroatoms. The molecule has 1 fully saturated rings. The van der Waals surface area contributed by atoms with Gasteiger partial charge in [0.1, 0.15) is 11.7 Å². The highest BCUT2D eigenvalue weighted by Gasteiger charge is 2.38. The fraction of sp³-hybridized carbons (Fsp3) is 0.545. The maximum Gasteiger partial charge on any atom is 0.410 e. The molecule has 1 aromatic rings. The number of aliphatic hydroxyl groups excluding tert-OH is 1. The van der Waals surface area contributed by atoms with Crippen molar-refractivity contribution in [3.8, 4) is 0 Å². The van der Waals surface area contributed by atoms with Crippen molar-refractivity contribution in [3.05, 3.63) is 38.9 Å². The first-order chi connectivity index (χ1) is 13.6. The van der Waals surface area contributed by atoms with E-state index < -0.39 is 17.8 Å². The standard InChI is InChI=1S/C22H28BrNO5/c1-5-28-20(26)14-11-13-8-9-15(18(23)16(13)12-14)19(25)17-7-6-10-24(17)21(27)29-22(2,3)4/h8-9,12,17,19,25H,5-7,10-11H2,1-4H3. The van der Waals surface area contributed by atoms with E-state index in [2.05, 4.69) is 15.9 Å². The van der Waals surface area contributed by atoms with E-state index in [1.165, 1.54) is 0 Å². The number of fused-ring (bicyclic) bond motifs is 1. The molecule has 29 heavy (non-hydrogen) atoms. The second-order valence-corrected chi connectivity index (χ2v) is 9.23. The lowest BCUT2D eigenvalue weighted by molar-refractivity contribution is -0.138. The lowest BCUT2D eigenvalue weighted by atomic mass is 9.97. The number of carbonyl (C=O) groups excluding carboxylic acids is 2. The third-order valence-corrected chi connectivity index (χ3v) is 6.03. The predicted molar refractivity (Wildman–Crippen MR) is 113 cm³/mol. The third kappa shape index (κ3) is 4.67. The molecule has 2 unspecified atom stereocenters. The van der Waals surface area contributed by atoms with Crippen molar-refractivity contribution in [2.45, 2.75) is 64.7 Å². The van der Waals surface area contributed by atoms with Crippen LogP contribution in [-0.2, 0) is 20.7 Å². The van der Waals surface area contributed by atoms with Crippen molar-refractivity contribution in [2.75, 3.05) is 13.2 Å². The fourth-order valence-electron chi connectivity index (χ4n) is 3.85. The summed E-state index contributed by atoms with van der Waals surface area (Å²) in [5.74, 6) is -0.315. The topological polar surface area (TPSA) is 76.1 Å². The minimum atomic E-state index is -0.857. The maximum absolute atomic E-state index is 12.6. The lowest BCUT2D eigenvalue weighted by Crippen LogP contribution is -2.42. The fourth-order valence-corrected chi connectivity index (χ4v) is 4.58. The van der Waals surface area contributed by atoms with Gasteiger partial charge < -0.3 is 19.5 Å². The van der Waals surface area contributed by atoms with E-state index in [4.69, 9.17) is 9.47 Å². The van der Waals surface area contributed by atoms with Crippen LogP contribution >= 0.6 is 15.9 Å². The van der Waals surface area contributed by atoms with Gasteiger partial charge in [-0.2, -0.15) is 0 Å². The molecular weight excluding hydrogens is 438 g/mol. The van der Waals surface area contributed by atoms with E-state index in [9.17, 15) is 14.7 Å². The minimum absolute atomic E-state index is 0.315. The van der Waals surface area contributed by atoms with E-state index in [1.54, 1.807) is 11.8 Å². The summed E-state index contributed by atoms with van der Waals surface area (Å²) in [6, 6.07) is 3.43. The molecule has 1 aromatic carbocycles. The van der Waals surface area contributed by atoms with Gasteiger partial charge in [0.05, 0.1) is 12.6 Å². The highest BCUT2D eigenvalue weighted by molar-refractivity contribution is 9.10. The average molecular weight is 466 g/mol. The number of likely N-dealkylation sites (tertiary alicyclic amines) is 1. The number of benzene rings is 1. The zero-order chi connectivity index (χ0) is 21.3. The number of amides is 1. The van der Waals surface area contributed by atoms with Gasteiger partial charge >= 0.3 is 12.1 Å². The van der Waals surface area contributed by atoms with Crippen LogP contribution in [0.1, 0.15) is 63.3 Å². The Morgan fingerprint density at radius 3 is 2.72 bits per heavy atom. The van der Waals surface area contributed by atoms with E-state index in [-0.39, 0.29) is 12.0 Å². The molecule has 158 valence electrons. The first-order valence-electron chi connectivity index (χ1n) is 9.99. The van der Waals surface area contributed by atoms with Crippen LogP contribution in [0.4, 0.5) is 4.79 Å². The number of halogens is 1. The van der Waals surface area contributed by atoms with Crippen molar-refractivity contribution in [1.82, 2.24) is 4.90 Å². The Hall–Kier alpha value is -1.86. The number of ether oxygens (including phenoxy) is 2. The van der Waals surface area contributed by atoms with Crippen molar-refractivity contribution in [2.24, 2.45) is 0 Å². The molecule has 1 amide bonds. The summed E-state index contributed by atoms with van der Waals surface area (Å²) in [4.78, 5) is 26.3. The largest absolute Gasteiger partial charge is 0.463 e. The summed E-state index contributed by atoms with van der Waals surface area (Å²) < 4.78 is 11.4. The van der Waals surface area contributed by atoms with Gasteiger partial charge in [-0.25, -0.2) is 9.59 Å². The van der Waals surface area contributed by atoms with Crippen LogP contribution in [0.2, 0.25) is 0 Å². The van der Waals surface area contributed by atoms with Crippen molar-refractivity contribution in [1.29, 1.82) is 0 Å². The van der Waals surface area contributed by atoms with Crippen LogP contribution in [0.3, 0.4) is 0 Å². The number of rotatable bonds is 4. The summed E-state index contributed by atoms with van der Waals surface area (Å²) in [6.45, 7) is 8.17. The van der Waals surface area contributed by atoms with Crippen molar-refractivity contribution < 1.29 is 24.2 Å². The second kappa shape index (κ2) is 8.48. The Labute approximate surface area is 180 Å². The van der Waals surface area contributed by atoms with Crippen molar-refractivity contribution in [3.63, 3.8) is 0 Å². The van der Waals surface area contributed by atoms with Gasteiger partial charge in [-0.15, -0.1) is 0 Å². The maximum atomic E-state index is 12.6. The van der Waals surface area contributed by atoms with Crippen molar-refractivity contribution >= 4 is 34.1 Å². The molecule has 0 bridgehead atoms. The van der Waals surface area contributed by atoms with Crippen LogP contribution in [0, 0.1) is 0 Å². The lowest BCUT2D eigenvalue weighted by Gasteiger charge is -2.31. The Morgan fingerprint density at radius 2 is 2.07 bits per heavy atom. The summed E-state index contributed by atoms with van der Waals surface area (Å²) in [6.07, 6.45) is 2.58. The molecule has 1 heterocycles. The number of hydrogen-bond acceptors (Lipinski definition) is 5. The quantitative estimate of drug-likeness (QED) is 0.667. The number of hydrogen-bond donors (Lipinski definition) is 1. The van der Waals surface area contributed by atoms with E-state index in [1.807, 2.05) is 39.0 Å². The molecule has 1 aliphatic carbocycles. The monoisotopic (exact) mass is 465 g/mol. The van der Waals surface area contributed by atoms with Gasteiger partial charge in [0.25, 0.3) is 0 Å². The molecule has 1 N–H and O–H groups in total. The van der Waals surface area contributed by atoms with E-state index in [0.717, 1.165) is 22.0 Å². The van der Waals surface area contributed by atoms with Crippen LogP contribution in [0.5, 0.6) is 0 Å². The van der Waals surface area contributed by atoms with Gasteiger partial charge in [0, 0.05) is 23.0 Å². The van der Waals surface area contributed by atoms with Gasteiger partial charge in [-0.3, -0.25) is 0 Å². The van der Waals surface area contributed by atoms with Gasteiger partial charge in [-0.1, -0.05) is 12.1 Å². The first-order valence-corrected chi connectivity index (χ1v) is 10.8. The summed E-state index contributed by atoms with van der Waals surface area (Å²) >= 11 is 3.61. The molecule has 2 aliphatic rings. The summed E-state index contributed by atoms with van der Waals surface area (Å²) in [5, 5.41) is 11.1. The average Bonchev–Trinajstić information content (AvgIpc) is 3.28. The Kier molecular flexibility index (Phi) is 6.39. The third-order valence-electron chi connectivity index (χ3n) is 5.15. The van der Waals surface area contributed by atoms with Gasteiger partial charge in [0.2, 0.25) is 0 Å². The number of esters is 1. The SMILES string of the molecule is CCOC(=O)C1=Cc2c(ccc(C(O)C3CCCN3C(=O)OC(C)(C)C)c2Br)C1. The molecule has 1 saturated heterocycles. The second-order valence-electron chi connectivity index (χ2n) is 8.44. The molecule has 0 saturated carbocycles. The molecule has 0 aromatic heterocycles. The number of carbonyl (C=O) groups is 2. The normalized spacial score (nSPS) is 19.6. The Balaban J connectivity index is 1.83.